The number of piperidine rings is 1. The molecule has 3 saturated heterocycles. The van der Waals surface area contributed by atoms with Crippen molar-refractivity contribution in [3.63, 3.8) is 0 Å². The zero-order valence-corrected chi connectivity index (χ0v) is 19.8. The number of benzene rings is 1. The molecule has 33 heavy (non-hydrogen) atoms. The van der Waals surface area contributed by atoms with Gasteiger partial charge in [-0.2, -0.15) is 0 Å². The zero-order chi connectivity index (χ0) is 22.7. The highest BCUT2D eigenvalue weighted by molar-refractivity contribution is 6.01. The third-order valence-corrected chi connectivity index (χ3v) is 7.81. The first-order valence-electron chi connectivity index (χ1n) is 12.5. The second kappa shape index (κ2) is 9.92. The summed E-state index contributed by atoms with van der Waals surface area (Å²) in [7, 11) is 0. The number of aromatic nitrogens is 1. The van der Waals surface area contributed by atoms with E-state index in [4.69, 9.17) is 4.74 Å². The number of anilines is 1. The number of amides is 1. The highest BCUT2D eigenvalue weighted by Gasteiger charge is 2.51. The average molecular weight is 449 g/mol. The number of nitrogens with zero attached hydrogens (tertiary/aromatic N) is 4. The maximum atomic E-state index is 14.1. The van der Waals surface area contributed by atoms with E-state index in [1.54, 1.807) is 0 Å². The summed E-state index contributed by atoms with van der Waals surface area (Å²) in [6, 6.07) is 14.6. The maximum absolute atomic E-state index is 14.1. The molecule has 0 saturated carbocycles. The molecule has 1 amide bonds. The van der Waals surface area contributed by atoms with E-state index in [1.807, 2.05) is 30.2 Å². The minimum Gasteiger partial charge on any atom is -0.381 e. The number of likely N-dealkylation sites (tertiary alicyclic amines) is 1. The highest BCUT2D eigenvalue weighted by Crippen LogP contribution is 2.37. The summed E-state index contributed by atoms with van der Waals surface area (Å²) >= 11 is 0. The van der Waals surface area contributed by atoms with E-state index in [1.165, 1.54) is 5.56 Å². The quantitative estimate of drug-likeness (QED) is 0.701. The molecule has 2 aromatic rings. The maximum Gasteiger partial charge on any atom is 0.247 e. The molecule has 3 fully saturated rings. The van der Waals surface area contributed by atoms with Gasteiger partial charge in [-0.3, -0.25) is 14.7 Å². The van der Waals surface area contributed by atoms with Crippen molar-refractivity contribution in [2.24, 2.45) is 5.92 Å². The van der Waals surface area contributed by atoms with E-state index in [0.29, 0.717) is 6.54 Å². The fourth-order valence-corrected chi connectivity index (χ4v) is 5.75. The van der Waals surface area contributed by atoms with Crippen LogP contribution in [0, 0.1) is 12.8 Å². The first kappa shape index (κ1) is 22.5. The second-order valence-electron chi connectivity index (χ2n) is 9.91. The Morgan fingerprint density at radius 1 is 1.00 bits per heavy atom. The normalized spacial score (nSPS) is 22.7. The van der Waals surface area contributed by atoms with Gasteiger partial charge in [-0.1, -0.05) is 30.3 Å². The number of piperazine rings is 1. The molecule has 5 rings (SSSR count). The Hall–Kier alpha value is -2.28. The molecule has 4 heterocycles. The van der Waals surface area contributed by atoms with Gasteiger partial charge in [-0.15, -0.1) is 0 Å². The predicted molar refractivity (Wildman–Crippen MR) is 130 cm³/mol. The largest absolute Gasteiger partial charge is 0.381 e. The van der Waals surface area contributed by atoms with Crippen LogP contribution in [-0.4, -0.2) is 72.2 Å². The summed E-state index contributed by atoms with van der Waals surface area (Å²) in [5, 5.41) is 0. The Bertz CT molecular complexity index is 919. The van der Waals surface area contributed by atoms with Crippen LogP contribution < -0.4 is 4.90 Å². The van der Waals surface area contributed by atoms with Crippen molar-refractivity contribution in [2.45, 2.75) is 44.7 Å². The molecule has 0 radical (unpaired) electrons. The molecule has 0 aliphatic carbocycles. The molecule has 0 atom stereocenters. The lowest BCUT2D eigenvalue weighted by molar-refractivity contribution is -0.138. The van der Waals surface area contributed by atoms with Gasteiger partial charge in [-0.25, -0.2) is 0 Å². The molecule has 1 aromatic heterocycles. The van der Waals surface area contributed by atoms with E-state index < -0.39 is 5.54 Å². The third-order valence-electron chi connectivity index (χ3n) is 7.81. The zero-order valence-electron chi connectivity index (χ0n) is 19.8. The summed E-state index contributed by atoms with van der Waals surface area (Å²) in [5.41, 5.74) is 2.74. The number of hydrogen-bond donors (Lipinski definition) is 0. The average Bonchev–Trinajstić information content (AvgIpc) is 2.86. The lowest BCUT2D eigenvalue weighted by Gasteiger charge is -2.53. The SMILES string of the molecule is Cc1ccc(N2CCN(Cc3ccccc3)C3(CCN(CC4CCOCC4)CC3)C2=O)cn1. The van der Waals surface area contributed by atoms with Crippen molar-refractivity contribution >= 4 is 11.6 Å². The van der Waals surface area contributed by atoms with Crippen LogP contribution >= 0.6 is 0 Å². The summed E-state index contributed by atoms with van der Waals surface area (Å²) < 4.78 is 5.54. The number of aryl methyl sites for hydroxylation is 1. The molecule has 6 nitrogen and oxygen atoms in total. The standard InChI is InChI=1S/C27H36N4O2/c1-22-7-8-25(19-28-22)31-16-15-30(21-23-5-3-2-4-6-23)27(26(31)32)11-13-29(14-12-27)20-24-9-17-33-18-10-24/h2-8,19,24H,9-18,20-21H2,1H3. The summed E-state index contributed by atoms with van der Waals surface area (Å²) in [6.45, 7) is 9.29. The van der Waals surface area contributed by atoms with E-state index in [-0.39, 0.29) is 5.91 Å². The van der Waals surface area contributed by atoms with Crippen LogP contribution in [0.25, 0.3) is 0 Å². The van der Waals surface area contributed by atoms with Crippen LogP contribution in [0.2, 0.25) is 0 Å². The first-order valence-corrected chi connectivity index (χ1v) is 12.5. The lowest BCUT2D eigenvalue weighted by atomic mass is 9.81. The van der Waals surface area contributed by atoms with Crippen LogP contribution in [0.5, 0.6) is 0 Å². The number of ether oxygens (including phenoxy) is 1. The monoisotopic (exact) mass is 448 g/mol. The van der Waals surface area contributed by atoms with Gasteiger partial charge in [-0.05, 0) is 56.2 Å². The van der Waals surface area contributed by atoms with Crippen LogP contribution in [0.3, 0.4) is 0 Å². The first-order chi connectivity index (χ1) is 16.1. The fourth-order valence-electron chi connectivity index (χ4n) is 5.75. The minimum absolute atomic E-state index is 0.251. The third kappa shape index (κ3) is 4.84. The van der Waals surface area contributed by atoms with Crippen molar-refractivity contribution < 1.29 is 9.53 Å². The van der Waals surface area contributed by atoms with Crippen molar-refractivity contribution in [3.8, 4) is 0 Å². The Balaban J connectivity index is 1.35. The van der Waals surface area contributed by atoms with Gasteiger partial charge >= 0.3 is 0 Å². The lowest BCUT2D eigenvalue weighted by Crippen LogP contribution is -2.68. The van der Waals surface area contributed by atoms with Gasteiger partial charge < -0.3 is 14.5 Å². The molecule has 3 aliphatic rings. The summed E-state index contributed by atoms with van der Waals surface area (Å²) in [5.74, 6) is 0.978. The number of pyridine rings is 1. The summed E-state index contributed by atoms with van der Waals surface area (Å²) in [4.78, 5) is 25.6. The van der Waals surface area contributed by atoms with Crippen LogP contribution in [-0.2, 0) is 16.1 Å². The fraction of sp³-hybridized carbons (Fsp3) is 0.556. The Labute approximate surface area is 197 Å². The van der Waals surface area contributed by atoms with Gasteiger partial charge in [0.25, 0.3) is 0 Å². The van der Waals surface area contributed by atoms with Crippen molar-refractivity contribution in [3.05, 3.63) is 59.9 Å². The Morgan fingerprint density at radius 2 is 1.76 bits per heavy atom. The van der Waals surface area contributed by atoms with E-state index in [9.17, 15) is 4.79 Å². The van der Waals surface area contributed by atoms with E-state index in [2.05, 4.69) is 45.1 Å². The van der Waals surface area contributed by atoms with Gasteiger partial charge in [0.05, 0.1) is 11.9 Å². The van der Waals surface area contributed by atoms with Crippen molar-refractivity contribution in [2.75, 3.05) is 50.8 Å². The molecule has 176 valence electrons. The van der Waals surface area contributed by atoms with Crippen molar-refractivity contribution in [1.29, 1.82) is 0 Å². The molecule has 3 aliphatic heterocycles. The molecule has 0 unspecified atom stereocenters. The van der Waals surface area contributed by atoms with Gasteiger partial charge in [0, 0.05) is 58.2 Å². The van der Waals surface area contributed by atoms with Crippen molar-refractivity contribution in [1.82, 2.24) is 14.8 Å². The molecule has 6 heteroatoms. The van der Waals surface area contributed by atoms with E-state index in [0.717, 1.165) is 88.9 Å². The van der Waals surface area contributed by atoms with Gasteiger partial charge in [0.2, 0.25) is 5.91 Å². The van der Waals surface area contributed by atoms with Crippen LogP contribution in [0.1, 0.15) is 36.9 Å². The Morgan fingerprint density at radius 3 is 2.45 bits per heavy atom. The van der Waals surface area contributed by atoms with Crippen LogP contribution in [0.4, 0.5) is 5.69 Å². The van der Waals surface area contributed by atoms with Gasteiger partial charge in [0.15, 0.2) is 0 Å². The molecular formula is C27H36N4O2. The second-order valence-corrected chi connectivity index (χ2v) is 9.91. The summed E-state index contributed by atoms with van der Waals surface area (Å²) in [6.07, 6.45) is 5.95. The topological polar surface area (TPSA) is 48.9 Å². The number of carbonyl (C=O) groups excluding carboxylic acids is 1. The number of hydrogen-bond acceptors (Lipinski definition) is 5. The Kier molecular flexibility index (Phi) is 6.76. The molecule has 1 aromatic carbocycles. The molecule has 0 bridgehead atoms. The number of rotatable bonds is 5. The predicted octanol–water partition coefficient (Wildman–Crippen LogP) is 3.50. The van der Waals surface area contributed by atoms with E-state index >= 15 is 0 Å². The molecule has 0 N–H and O–H groups in total. The number of carbonyl (C=O) groups is 1. The minimum atomic E-state index is -0.439. The van der Waals surface area contributed by atoms with Crippen LogP contribution in [0.15, 0.2) is 48.7 Å². The smallest absolute Gasteiger partial charge is 0.247 e. The molecular weight excluding hydrogens is 412 g/mol. The van der Waals surface area contributed by atoms with Gasteiger partial charge in [0.1, 0.15) is 5.54 Å². The molecule has 1 spiro atoms. The highest BCUT2D eigenvalue weighted by atomic mass is 16.5.